The molecule has 0 heterocycles. The molecule has 0 aromatic heterocycles. The molecule has 3 unspecified atom stereocenters. The first-order valence-corrected chi connectivity index (χ1v) is 6.65. The summed E-state index contributed by atoms with van der Waals surface area (Å²) in [6.45, 7) is 1.82. The van der Waals surface area contributed by atoms with E-state index in [0.717, 1.165) is 12.1 Å². The van der Waals surface area contributed by atoms with Crippen molar-refractivity contribution in [2.75, 3.05) is 7.11 Å². The van der Waals surface area contributed by atoms with Crippen molar-refractivity contribution in [3.05, 3.63) is 29.3 Å². The van der Waals surface area contributed by atoms with Gasteiger partial charge in [0, 0.05) is 18.1 Å². The fourth-order valence-electron chi connectivity index (χ4n) is 2.94. The molecule has 1 fully saturated rings. The Bertz CT molecular complexity index is 562. The molecular formula is C15H16F2O4. The molecule has 0 bridgehead atoms. The number of halogens is 2. The molecule has 114 valence electrons. The zero-order valence-electron chi connectivity index (χ0n) is 11.7. The van der Waals surface area contributed by atoms with Crippen LogP contribution in [0.25, 0.3) is 0 Å². The Morgan fingerprint density at radius 3 is 2.19 bits per heavy atom. The minimum atomic E-state index is -1.10. The van der Waals surface area contributed by atoms with Crippen LogP contribution in [-0.4, -0.2) is 24.0 Å². The fourth-order valence-corrected chi connectivity index (χ4v) is 2.94. The fraction of sp³-hybridized carbons (Fsp3) is 0.467. The van der Waals surface area contributed by atoms with Crippen molar-refractivity contribution >= 4 is 11.8 Å². The second-order valence-corrected chi connectivity index (χ2v) is 5.46. The molecule has 0 amide bonds. The molecule has 6 heteroatoms. The number of carbonyl (C=O) groups excluding carboxylic acids is 1. The summed E-state index contributed by atoms with van der Waals surface area (Å²) in [4.78, 5) is 23.6. The van der Waals surface area contributed by atoms with Gasteiger partial charge >= 0.3 is 5.97 Å². The van der Waals surface area contributed by atoms with Crippen LogP contribution in [0.4, 0.5) is 8.78 Å². The third-order valence-corrected chi connectivity index (χ3v) is 3.95. The summed E-state index contributed by atoms with van der Waals surface area (Å²) in [5.41, 5.74) is -0.679. The molecule has 0 aliphatic heterocycles. The molecule has 4 nitrogen and oxygen atoms in total. The molecule has 3 atom stereocenters. The highest BCUT2D eigenvalue weighted by molar-refractivity contribution is 6.00. The average molecular weight is 298 g/mol. The van der Waals surface area contributed by atoms with Crippen LogP contribution >= 0.6 is 0 Å². The topological polar surface area (TPSA) is 63.6 Å². The van der Waals surface area contributed by atoms with Crippen LogP contribution in [0.1, 0.15) is 30.1 Å². The summed E-state index contributed by atoms with van der Waals surface area (Å²) in [5.74, 6) is -5.73. The number of ether oxygens (including phenoxy) is 1. The molecular weight excluding hydrogens is 282 g/mol. The SMILES string of the molecule is COc1cc(F)c(C(=O)C2CC(C)CC2C(=O)O)c(F)c1. The maximum atomic E-state index is 13.9. The summed E-state index contributed by atoms with van der Waals surface area (Å²) in [7, 11) is 1.26. The molecule has 1 aromatic carbocycles. The summed E-state index contributed by atoms with van der Waals surface area (Å²) in [5, 5.41) is 9.16. The maximum absolute atomic E-state index is 13.9. The summed E-state index contributed by atoms with van der Waals surface area (Å²) >= 11 is 0. The van der Waals surface area contributed by atoms with Crippen molar-refractivity contribution in [2.45, 2.75) is 19.8 Å². The van der Waals surface area contributed by atoms with Crippen molar-refractivity contribution in [2.24, 2.45) is 17.8 Å². The van der Waals surface area contributed by atoms with E-state index in [1.165, 1.54) is 7.11 Å². The highest BCUT2D eigenvalue weighted by atomic mass is 19.1. The van der Waals surface area contributed by atoms with Crippen LogP contribution in [0.15, 0.2) is 12.1 Å². The number of benzene rings is 1. The number of ketones is 1. The van der Waals surface area contributed by atoms with Crippen LogP contribution < -0.4 is 4.74 Å². The minimum absolute atomic E-state index is 0.0314. The van der Waals surface area contributed by atoms with Crippen molar-refractivity contribution in [3.63, 3.8) is 0 Å². The van der Waals surface area contributed by atoms with Gasteiger partial charge in [-0.15, -0.1) is 0 Å². The highest BCUT2D eigenvalue weighted by Crippen LogP contribution is 2.39. The van der Waals surface area contributed by atoms with Gasteiger partial charge in [0.25, 0.3) is 0 Å². The van der Waals surface area contributed by atoms with E-state index in [1.54, 1.807) is 0 Å². The van der Waals surface area contributed by atoms with E-state index in [1.807, 2.05) is 6.92 Å². The third kappa shape index (κ3) is 2.89. The van der Waals surface area contributed by atoms with Gasteiger partial charge in [-0.1, -0.05) is 6.92 Å². The number of carboxylic acids is 1. The van der Waals surface area contributed by atoms with E-state index in [4.69, 9.17) is 9.84 Å². The lowest BCUT2D eigenvalue weighted by Crippen LogP contribution is -2.26. The van der Waals surface area contributed by atoms with E-state index in [0.29, 0.717) is 12.8 Å². The summed E-state index contributed by atoms with van der Waals surface area (Å²) in [6.07, 6.45) is 0.659. The van der Waals surface area contributed by atoms with E-state index in [-0.39, 0.29) is 11.7 Å². The quantitative estimate of drug-likeness (QED) is 0.868. The Morgan fingerprint density at radius 2 is 1.71 bits per heavy atom. The zero-order valence-corrected chi connectivity index (χ0v) is 11.7. The third-order valence-electron chi connectivity index (χ3n) is 3.95. The van der Waals surface area contributed by atoms with Gasteiger partial charge in [0.2, 0.25) is 0 Å². The first kappa shape index (κ1) is 15.4. The number of Topliss-reactive ketones (excluding diaryl/α,β-unsaturated/α-hetero) is 1. The van der Waals surface area contributed by atoms with Gasteiger partial charge in [-0.25, -0.2) is 8.78 Å². The Labute approximate surface area is 120 Å². The van der Waals surface area contributed by atoms with Crippen LogP contribution in [-0.2, 0) is 4.79 Å². The Kier molecular flexibility index (Phi) is 4.25. The molecule has 2 rings (SSSR count). The van der Waals surface area contributed by atoms with E-state index in [9.17, 15) is 18.4 Å². The Morgan fingerprint density at radius 1 is 1.19 bits per heavy atom. The molecule has 0 saturated heterocycles. The van der Waals surface area contributed by atoms with Gasteiger partial charge in [-0.05, 0) is 18.8 Å². The lowest BCUT2D eigenvalue weighted by Gasteiger charge is -2.15. The van der Waals surface area contributed by atoms with Gasteiger partial charge in [0.05, 0.1) is 18.6 Å². The number of carbonyl (C=O) groups is 2. The van der Waals surface area contributed by atoms with Gasteiger partial charge in [0.15, 0.2) is 5.78 Å². The normalized spacial score (nSPS) is 24.9. The zero-order chi connectivity index (χ0) is 15.7. The Hall–Kier alpha value is -1.98. The van der Waals surface area contributed by atoms with Gasteiger partial charge in [-0.2, -0.15) is 0 Å². The van der Waals surface area contributed by atoms with Crippen molar-refractivity contribution in [1.29, 1.82) is 0 Å². The number of hydrogen-bond donors (Lipinski definition) is 1. The molecule has 1 N–H and O–H groups in total. The number of aliphatic carboxylic acids is 1. The predicted octanol–water partition coefficient (Wildman–Crippen LogP) is 2.90. The van der Waals surface area contributed by atoms with E-state index < -0.39 is 40.8 Å². The summed E-state index contributed by atoms with van der Waals surface area (Å²) < 4.78 is 32.6. The van der Waals surface area contributed by atoms with Gasteiger partial charge in [-0.3, -0.25) is 9.59 Å². The summed E-state index contributed by atoms with van der Waals surface area (Å²) in [6, 6.07) is 1.84. The van der Waals surface area contributed by atoms with E-state index >= 15 is 0 Å². The van der Waals surface area contributed by atoms with Crippen LogP contribution in [0.3, 0.4) is 0 Å². The molecule has 0 radical (unpaired) electrons. The Balaban J connectivity index is 2.38. The monoisotopic (exact) mass is 298 g/mol. The van der Waals surface area contributed by atoms with Crippen LogP contribution in [0, 0.1) is 29.4 Å². The molecule has 0 spiro atoms. The molecule has 1 aliphatic carbocycles. The van der Waals surface area contributed by atoms with Gasteiger partial charge in [0.1, 0.15) is 17.4 Å². The lowest BCUT2D eigenvalue weighted by molar-refractivity contribution is -0.142. The van der Waals surface area contributed by atoms with E-state index in [2.05, 4.69) is 0 Å². The maximum Gasteiger partial charge on any atom is 0.307 e. The number of hydrogen-bond acceptors (Lipinski definition) is 3. The van der Waals surface area contributed by atoms with Crippen LogP contribution in [0.2, 0.25) is 0 Å². The number of carboxylic acid groups (broad SMARTS) is 1. The lowest BCUT2D eigenvalue weighted by atomic mass is 9.88. The van der Waals surface area contributed by atoms with Crippen molar-refractivity contribution < 1.29 is 28.2 Å². The van der Waals surface area contributed by atoms with Crippen molar-refractivity contribution in [3.8, 4) is 5.75 Å². The molecule has 1 aromatic rings. The van der Waals surface area contributed by atoms with Gasteiger partial charge < -0.3 is 9.84 Å². The minimum Gasteiger partial charge on any atom is -0.497 e. The predicted molar refractivity (Wildman–Crippen MR) is 70.3 cm³/mol. The highest BCUT2D eigenvalue weighted by Gasteiger charge is 2.42. The smallest absolute Gasteiger partial charge is 0.307 e. The first-order chi connectivity index (χ1) is 9.85. The largest absolute Gasteiger partial charge is 0.497 e. The molecule has 1 aliphatic rings. The number of methoxy groups -OCH3 is 1. The van der Waals surface area contributed by atoms with Crippen LogP contribution in [0.5, 0.6) is 5.75 Å². The number of rotatable bonds is 4. The first-order valence-electron chi connectivity index (χ1n) is 6.65. The standard InChI is InChI=1S/C15H16F2O4/c1-7-3-9(10(4-7)15(19)20)14(18)13-11(16)5-8(21-2)6-12(13)17/h5-7,9-10H,3-4H2,1-2H3,(H,19,20). The molecule has 21 heavy (non-hydrogen) atoms. The molecule has 1 saturated carbocycles. The second kappa shape index (κ2) is 5.79. The average Bonchev–Trinajstić information content (AvgIpc) is 2.80. The van der Waals surface area contributed by atoms with Crippen molar-refractivity contribution in [1.82, 2.24) is 0 Å². The second-order valence-electron chi connectivity index (χ2n) is 5.46.